The van der Waals surface area contributed by atoms with Crippen LogP contribution in [0.2, 0.25) is 0 Å². The fourth-order valence-corrected chi connectivity index (χ4v) is 2.41. The van der Waals surface area contributed by atoms with Crippen molar-refractivity contribution in [3.05, 3.63) is 29.8 Å². The second kappa shape index (κ2) is 2.99. The Morgan fingerprint density at radius 2 is 2.25 bits per heavy atom. The lowest BCUT2D eigenvalue weighted by Crippen LogP contribution is -2.20. The fraction of sp³-hybridized carbons (Fsp3) is 0.333. The van der Waals surface area contributed by atoms with Gasteiger partial charge in [-0.2, -0.15) is 0 Å². The molecule has 0 bridgehead atoms. The zero-order chi connectivity index (χ0) is 8.55. The lowest BCUT2D eigenvalue weighted by atomic mass is 10.1. The van der Waals surface area contributed by atoms with E-state index in [1.54, 1.807) is 0 Å². The highest BCUT2D eigenvalue weighted by Gasteiger charge is 2.20. The Kier molecular flexibility index (Phi) is 1.98. The second-order valence-corrected chi connectivity index (χ2v) is 4.06. The standard InChI is InChI=1S/C9H10O2S/c1-7-6-8-4-2-3-5-9(8)12(10)11-7/h2-5,7H,6H2,1H3. The van der Waals surface area contributed by atoms with Crippen molar-refractivity contribution >= 4 is 11.1 Å². The van der Waals surface area contributed by atoms with Crippen molar-refractivity contribution in [3.63, 3.8) is 0 Å². The molecule has 0 aliphatic carbocycles. The van der Waals surface area contributed by atoms with Crippen LogP contribution in [-0.2, 0) is 21.7 Å². The van der Waals surface area contributed by atoms with Crippen LogP contribution in [0.3, 0.4) is 0 Å². The van der Waals surface area contributed by atoms with Crippen molar-refractivity contribution in [2.75, 3.05) is 0 Å². The molecule has 1 aliphatic rings. The summed E-state index contributed by atoms with van der Waals surface area (Å²) in [6.07, 6.45) is 0.933. The molecule has 0 saturated heterocycles. The molecule has 3 heteroatoms. The molecule has 2 rings (SSSR count). The lowest BCUT2D eigenvalue weighted by molar-refractivity contribution is 0.237. The molecular formula is C9H10O2S. The largest absolute Gasteiger partial charge is 0.283 e. The molecule has 64 valence electrons. The van der Waals surface area contributed by atoms with E-state index in [1.807, 2.05) is 31.2 Å². The number of hydrogen-bond acceptors (Lipinski definition) is 2. The summed E-state index contributed by atoms with van der Waals surface area (Å²) in [5, 5.41) is 0. The summed E-state index contributed by atoms with van der Waals surface area (Å²) in [5.41, 5.74) is 1.15. The zero-order valence-corrected chi connectivity index (χ0v) is 7.64. The average molecular weight is 182 g/mol. The van der Waals surface area contributed by atoms with Gasteiger partial charge in [-0.1, -0.05) is 18.2 Å². The maximum Gasteiger partial charge on any atom is 0.189 e. The minimum absolute atomic E-state index is 0.0701. The molecule has 2 unspecified atom stereocenters. The van der Waals surface area contributed by atoms with Gasteiger partial charge < -0.3 is 0 Å². The summed E-state index contributed by atoms with van der Waals surface area (Å²) in [6.45, 7) is 1.94. The molecular weight excluding hydrogens is 172 g/mol. The summed E-state index contributed by atoms with van der Waals surface area (Å²) in [7, 11) is 0. The summed E-state index contributed by atoms with van der Waals surface area (Å²) in [4.78, 5) is 0.829. The first-order chi connectivity index (χ1) is 5.77. The van der Waals surface area contributed by atoms with Gasteiger partial charge in [0.1, 0.15) is 0 Å². The van der Waals surface area contributed by atoms with Crippen molar-refractivity contribution < 1.29 is 8.39 Å². The SMILES string of the molecule is CC1Cc2ccccc2S(=O)O1. The van der Waals surface area contributed by atoms with Gasteiger partial charge in [0, 0.05) is 6.42 Å². The lowest BCUT2D eigenvalue weighted by Gasteiger charge is -2.20. The van der Waals surface area contributed by atoms with E-state index in [0.717, 1.165) is 16.9 Å². The van der Waals surface area contributed by atoms with E-state index in [0.29, 0.717) is 0 Å². The van der Waals surface area contributed by atoms with Crippen LogP contribution in [0, 0.1) is 0 Å². The highest BCUT2D eigenvalue weighted by molar-refractivity contribution is 7.80. The van der Waals surface area contributed by atoms with Crippen LogP contribution in [-0.4, -0.2) is 10.3 Å². The molecule has 2 nitrogen and oxygen atoms in total. The fourth-order valence-electron chi connectivity index (χ4n) is 1.38. The molecule has 0 N–H and O–H groups in total. The van der Waals surface area contributed by atoms with Gasteiger partial charge in [-0.3, -0.25) is 4.18 Å². The number of hydrogen-bond donors (Lipinski definition) is 0. The van der Waals surface area contributed by atoms with Crippen LogP contribution in [0.15, 0.2) is 29.2 Å². The number of benzene rings is 1. The Bertz CT molecular complexity index is 322. The van der Waals surface area contributed by atoms with Crippen molar-refractivity contribution in [2.24, 2.45) is 0 Å². The van der Waals surface area contributed by atoms with E-state index < -0.39 is 11.1 Å². The average Bonchev–Trinajstić information content (AvgIpc) is 2.04. The minimum atomic E-state index is -1.25. The summed E-state index contributed by atoms with van der Waals surface area (Å²) in [6, 6.07) is 7.72. The number of fused-ring (bicyclic) bond motifs is 1. The van der Waals surface area contributed by atoms with E-state index in [9.17, 15) is 4.21 Å². The van der Waals surface area contributed by atoms with Gasteiger partial charge in [0.05, 0.1) is 11.0 Å². The highest BCUT2D eigenvalue weighted by Crippen LogP contribution is 2.23. The highest BCUT2D eigenvalue weighted by atomic mass is 32.2. The molecule has 0 saturated carbocycles. The quantitative estimate of drug-likeness (QED) is 0.610. The van der Waals surface area contributed by atoms with E-state index in [2.05, 4.69) is 0 Å². The zero-order valence-electron chi connectivity index (χ0n) is 6.82. The van der Waals surface area contributed by atoms with Gasteiger partial charge in [0.2, 0.25) is 0 Å². The summed E-state index contributed by atoms with van der Waals surface area (Å²) in [5.74, 6) is 0. The first-order valence-electron chi connectivity index (χ1n) is 3.94. The smallest absolute Gasteiger partial charge is 0.189 e. The van der Waals surface area contributed by atoms with Gasteiger partial charge in [-0.25, -0.2) is 4.21 Å². The predicted octanol–water partition coefficient (Wildman–Crippen LogP) is 1.67. The summed E-state index contributed by atoms with van der Waals surface area (Å²) < 4.78 is 16.6. The molecule has 0 fully saturated rings. The molecule has 0 spiro atoms. The van der Waals surface area contributed by atoms with Crippen LogP contribution in [0.1, 0.15) is 12.5 Å². The molecule has 0 radical (unpaired) electrons. The van der Waals surface area contributed by atoms with Crippen molar-refractivity contribution in [3.8, 4) is 0 Å². The van der Waals surface area contributed by atoms with Crippen LogP contribution in [0.5, 0.6) is 0 Å². The van der Waals surface area contributed by atoms with E-state index in [4.69, 9.17) is 4.18 Å². The first kappa shape index (κ1) is 7.95. The molecule has 12 heavy (non-hydrogen) atoms. The monoisotopic (exact) mass is 182 g/mol. The molecule has 0 aromatic heterocycles. The molecule has 0 amide bonds. The molecule has 1 aliphatic heterocycles. The maximum absolute atomic E-state index is 11.4. The van der Waals surface area contributed by atoms with E-state index in [1.165, 1.54) is 0 Å². The molecule has 1 aromatic rings. The maximum atomic E-state index is 11.4. The van der Waals surface area contributed by atoms with E-state index >= 15 is 0 Å². The summed E-state index contributed by atoms with van der Waals surface area (Å²) >= 11 is -1.25. The Morgan fingerprint density at radius 1 is 1.50 bits per heavy atom. The van der Waals surface area contributed by atoms with Crippen molar-refractivity contribution in [1.82, 2.24) is 0 Å². The third kappa shape index (κ3) is 1.30. The predicted molar refractivity (Wildman–Crippen MR) is 47.1 cm³/mol. The first-order valence-corrected chi connectivity index (χ1v) is 5.01. The Labute approximate surface area is 74.2 Å². The molecule has 2 atom stereocenters. The van der Waals surface area contributed by atoms with E-state index in [-0.39, 0.29) is 6.10 Å². The van der Waals surface area contributed by atoms with Gasteiger partial charge in [-0.05, 0) is 18.6 Å². The molecule has 1 heterocycles. The normalized spacial score (nSPS) is 28.1. The van der Waals surface area contributed by atoms with Gasteiger partial charge >= 0.3 is 0 Å². The van der Waals surface area contributed by atoms with Crippen LogP contribution in [0.25, 0.3) is 0 Å². The Hall–Kier alpha value is -0.670. The Morgan fingerprint density at radius 3 is 3.08 bits per heavy atom. The van der Waals surface area contributed by atoms with Crippen molar-refractivity contribution in [1.29, 1.82) is 0 Å². The van der Waals surface area contributed by atoms with Crippen LogP contribution < -0.4 is 0 Å². The third-order valence-electron chi connectivity index (χ3n) is 1.91. The molecule has 1 aromatic carbocycles. The topological polar surface area (TPSA) is 26.3 Å². The second-order valence-electron chi connectivity index (χ2n) is 2.95. The van der Waals surface area contributed by atoms with Crippen LogP contribution in [0.4, 0.5) is 0 Å². The van der Waals surface area contributed by atoms with Gasteiger partial charge in [-0.15, -0.1) is 0 Å². The van der Waals surface area contributed by atoms with Crippen LogP contribution >= 0.6 is 0 Å². The minimum Gasteiger partial charge on any atom is -0.283 e. The van der Waals surface area contributed by atoms with Gasteiger partial charge in [0.15, 0.2) is 11.1 Å². The van der Waals surface area contributed by atoms with Crippen molar-refractivity contribution in [2.45, 2.75) is 24.3 Å². The third-order valence-corrected chi connectivity index (χ3v) is 3.17. The van der Waals surface area contributed by atoms with Gasteiger partial charge in [0.25, 0.3) is 0 Å². The Balaban J connectivity index is 2.47. The number of rotatable bonds is 0.